The van der Waals surface area contributed by atoms with Crippen LogP contribution in [0.3, 0.4) is 0 Å². The second-order valence-corrected chi connectivity index (χ2v) is 3.70. The number of benzene rings is 1. The first-order valence-electron chi connectivity index (χ1n) is 5.40. The Balaban J connectivity index is 2.11. The van der Waals surface area contributed by atoms with Gasteiger partial charge in [0.15, 0.2) is 5.82 Å². The van der Waals surface area contributed by atoms with Crippen LogP contribution in [0.2, 0.25) is 0 Å². The Morgan fingerprint density at radius 1 is 1.50 bits per heavy atom. The van der Waals surface area contributed by atoms with Crippen molar-refractivity contribution in [3.8, 4) is 5.75 Å². The van der Waals surface area contributed by atoms with Gasteiger partial charge in [-0.3, -0.25) is 4.79 Å². The van der Waals surface area contributed by atoms with E-state index in [2.05, 4.69) is 15.3 Å². The number of nitrogens with one attached hydrogen (secondary N) is 2. The lowest BCUT2D eigenvalue weighted by Crippen LogP contribution is -2.16. The summed E-state index contributed by atoms with van der Waals surface area (Å²) >= 11 is 0. The summed E-state index contributed by atoms with van der Waals surface area (Å²) in [4.78, 5) is 17.6. The van der Waals surface area contributed by atoms with Gasteiger partial charge in [0.2, 0.25) is 0 Å². The summed E-state index contributed by atoms with van der Waals surface area (Å²) in [7, 11) is 1.61. The summed E-state index contributed by atoms with van der Waals surface area (Å²) in [5.74, 6) is 1.16. The lowest BCUT2D eigenvalue weighted by molar-refractivity contribution is 0.414. The average molecular weight is 246 g/mol. The number of nitrogens with two attached hydrogens (primary N) is 1. The Morgan fingerprint density at radius 3 is 3.11 bits per heavy atom. The molecule has 0 atom stereocenters. The van der Waals surface area contributed by atoms with E-state index < -0.39 is 0 Å². The zero-order chi connectivity index (χ0) is 13.0. The zero-order valence-electron chi connectivity index (χ0n) is 9.93. The smallest absolute Gasteiger partial charge is 0.276 e. The van der Waals surface area contributed by atoms with Crippen LogP contribution in [-0.2, 0) is 6.54 Å². The minimum Gasteiger partial charge on any atom is -0.497 e. The molecule has 0 amide bonds. The van der Waals surface area contributed by atoms with Crippen LogP contribution < -0.4 is 21.3 Å². The fraction of sp³-hybridized carbons (Fsp3) is 0.167. The van der Waals surface area contributed by atoms with E-state index in [4.69, 9.17) is 10.5 Å². The maximum absolute atomic E-state index is 11.3. The van der Waals surface area contributed by atoms with Crippen molar-refractivity contribution in [2.24, 2.45) is 0 Å². The number of methoxy groups -OCH3 is 1. The third-order valence-corrected chi connectivity index (χ3v) is 2.48. The lowest BCUT2D eigenvalue weighted by atomic mass is 10.2. The van der Waals surface area contributed by atoms with E-state index in [1.165, 1.54) is 6.33 Å². The van der Waals surface area contributed by atoms with Gasteiger partial charge in [0, 0.05) is 6.54 Å². The van der Waals surface area contributed by atoms with Crippen LogP contribution in [0.1, 0.15) is 5.56 Å². The molecule has 1 heterocycles. The van der Waals surface area contributed by atoms with Crippen LogP contribution in [0.4, 0.5) is 11.5 Å². The van der Waals surface area contributed by atoms with Gasteiger partial charge in [-0.25, -0.2) is 4.98 Å². The van der Waals surface area contributed by atoms with Gasteiger partial charge in [-0.2, -0.15) is 0 Å². The highest BCUT2D eigenvalue weighted by molar-refractivity contribution is 5.59. The Bertz CT molecular complexity index is 595. The molecule has 0 radical (unpaired) electrons. The van der Waals surface area contributed by atoms with Crippen molar-refractivity contribution >= 4 is 11.5 Å². The van der Waals surface area contributed by atoms with E-state index in [9.17, 15) is 4.79 Å². The van der Waals surface area contributed by atoms with Gasteiger partial charge in [0.1, 0.15) is 11.4 Å². The largest absolute Gasteiger partial charge is 0.497 e. The van der Waals surface area contributed by atoms with Gasteiger partial charge in [0.05, 0.1) is 13.4 Å². The summed E-state index contributed by atoms with van der Waals surface area (Å²) in [6.07, 6.45) is 1.31. The summed E-state index contributed by atoms with van der Waals surface area (Å²) in [6, 6.07) is 7.60. The van der Waals surface area contributed by atoms with Gasteiger partial charge in [-0.1, -0.05) is 12.1 Å². The zero-order valence-corrected chi connectivity index (χ0v) is 9.93. The first-order valence-corrected chi connectivity index (χ1v) is 5.40. The maximum Gasteiger partial charge on any atom is 0.276 e. The summed E-state index contributed by atoms with van der Waals surface area (Å²) in [5, 5.41) is 3.01. The number of rotatable bonds is 4. The lowest BCUT2D eigenvalue weighted by Gasteiger charge is -2.08. The molecule has 2 rings (SSSR count). The quantitative estimate of drug-likeness (QED) is 0.747. The molecule has 6 nitrogen and oxygen atoms in total. The van der Waals surface area contributed by atoms with E-state index in [-0.39, 0.29) is 11.2 Å². The topological polar surface area (TPSA) is 93.0 Å². The molecule has 2 aromatic rings. The van der Waals surface area contributed by atoms with E-state index in [0.29, 0.717) is 12.4 Å². The van der Waals surface area contributed by atoms with Gasteiger partial charge in [-0.05, 0) is 17.7 Å². The molecule has 94 valence electrons. The van der Waals surface area contributed by atoms with Crippen molar-refractivity contribution in [3.05, 3.63) is 46.5 Å². The van der Waals surface area contributed by atoms with E-state index in [1.54, 1.807) is 7.11 Å². The fourth-order valence-corrected chi connectivity index (χ4v) is 1.52. The SMILES string of the molecule is COc1cccc(CNc2nc[nH]c(=O)c2N)c1. The van der Waals surface area contributed by atoms with E-state index >= 15 is 0 Å². The van der Waals surface area contributed by atoms with E-state index in [0.717, 1.165) is 11.3 Å². The number of nitrogen functional groups attached to an aromatic ring is 1. The van der Waals surface area contributed by atoms with Crippen molar-refractivity contribution in [1.82, 2.24) is 9.97 Å². The fourth-order valence-electron chi connectivity index (χ4n) is 1.52. The van der Waals surface area contributed by atoms with Gasteiger partial charge >= 0.3 is 0 Å². The molecule has 1 aromatic carbocycles. The van der Waals surface area contributed by atoms with Crippen molar-refractivity contribution < 1.29 is 4.74 Å². The normalized spacial score (nSPS) is 10.1. The second kappa shape index (κ2) is 5.22. The summed E-state index contributed by atoms with van der Waals surface area (Å²) in [6.45, 7) is 0.512. The van der Waals surface area contributed by atoms with Crippen molar-refractivity contribution in [2.45, 2.75) is 6.54 Å². The molecule has 6 heteroatoms. The van der Waals surface area contributed by atoms with E-state index in [1.807, 2.05) is 24.3 Å². The molecule has 18 heavy (non-hydrogen) atoms. The summed E-state index contributed by atoms with van der Waals surface area (Å²) in [5.41, 5.74) is 6.35. The number of aromatic nitrogens is 2. The second-order valence-electron chi connectivity index (χ2n) is 3.70. The monoisotopic (exact) mass is 246 g/mol. The van der Waals surface area contributed by atoms with Crippen molar-refractivity contribution in [1.29, 1.82) is 0 Å². The maximum atomic E-state index is 11.3. The molecule has 0 aliphatic rings. The average Bonchev–Trinajstić information content (AvgIpc) is 2.41. The molecular weight excluding hydrogens is 232 g/mol. The third-order valence-electron chi connectivity index (χ3n) is 2.48. The van der Waals surface area contributed by atoms with Crippen LogP contribution in [0.25, 0.3) is 0 Å². The van der Waals surface area contributed by atoms with Crippen LogP contribution in [-0.4, -0.2) is 17.1 Å². The Hall–Kier alpha value is -2.50. The molecule has 0 aliphatic carbocycles. The highest BCUT2D eigenvalue weighted by Gasteiger charge is 2.04. The number of hydrogen-bond donors (Lipinski definition) is 3. The molecule has 0 unspecified atom stereocenters. The molecule has 1 aromatic heterocycles. The molecule has 0 bridgehead atoms. The Kier molecular flexibility index (Phi) is 3.47. The first kappa shape index (κ1) is 12.0. The van der Waals surface area contributed by atoms with Gasteiger partial charge in [0.25, 0.3) is 5.56 Å². The highest BCUT2D eigenvalue weighted by atomic mass is 16.5. The number of anilines is 2. The number of aromatic amines is 1. The van der Waals surface area contributed by atoms with Crippen molar-refractivity contribution in [3.63, 3.8) is 0 Å². The molecule has 4 N–H and O–H groups in total. The van der Waals surface area contributed by atoms with Crippen molar-refractivity contribution in [2.75, 3.05) is 18.2 Å². The van der Waals surface area contributed by atoms with Crippen LogP contribution in [0, 0.1) is 0 Å². The Morgan fingerprint density at radius 2 is 2.33 bits per heavy atom. The molecule has 0 saturated heterocycles. The third kappa shape index (κ3) is 2.60. The Labute approximate surface area is 104 Å². The number of nitrogens with zero attached hydrogens (tertiary/aromatic N) is 1. The minimum atomic E-state index is -0.349. The van der Waals surface area contributed by atoms with Gasteiger partial charge in [-0.15, -0.1) is 0 Å². The first-order chi connectivity index (χ1) is 8.70. The molecule has 0 fully saturated rings. The minimum absolute atomic E-state index is 0.0837. The molecule has 0 aliphatic heterocycles. The van der Waals surface area contributed by atoms with Crippen LogP contribution >= 0.6 is 0 Å². The number of ether oxygens (including phenoxy) is 1. The highest BCUT2D eigenvalue weighted by Crippen LogP contribution is 2.14. The summed E-state index contributed by atoms with van der Waals surface area (Å²) < 4.78 is 5.13. The predicted octanol–water partition coefficient (Wildman–Crippen LogP) is 0.973. The predicted molar refractivity (Wildman–Crippen MR) is 69.6 cm³/mol. The standard InChI is InChI=1S/C12H14N4O2/c1-18-9-4-2-3-8(5-9)6-14-11-10(13)12(17)16-7-15-11/h2-5,7H,6,13H2,1H3,(H2,14,15,16,17). The molecule has 0 spiro atoms. The molecular formula is C12H14N4O2. The van der Waals surface area contributed by atoms with Gasteiger partial charge < -0.3 is 20.8 Å². The molecule has 0 saturated carbocycles. The van der Waals surface area contributed by atoms with Crippen LogP contribution in [0.15, 0.2) is 35.4 Å². The van der Waals surface area contributed by atoms with Crippen LogP contribution in [0.5, 0.6) is 5.75 Å². The number of hydrogen-bond acceptors (Lipinski definition) is 5. The number of H-pyrrole nitrogens is 1.